The van der Waals surface area contributed by atoms with Crippen molar-refractivity contribution in [1.29, 1.82) is 0 Å². The van der Waals surface area contributed by atoms with E-state index in [9.17, 15) is 19.1 Å². The van der Waals surface area contributed by atoms with E-state index in [1.54, 1.807) is 18.2 Å². The van der Waals surface area contributed by atoms with Crippen LogP contribution in [0.3, 0.4) is 0 Å². The van der Waals surface area contributed by atoms with E-state index in [4.69, 9.17) is 9.15 Å². The Morgan fingerprint density at radius 3 is 2.60 bits per heavy atom. The number of furan rings is 1. The second-order valence-corrected chi connectivity index (χ2v) is 13.7. The SMILES string of the molecule is C[C@]12[C@@H](O)C[C@@]3(C)C(CC[C@]3(OC(=O)c3ccco3)C(=O)S)[C@@H]1CCC1=Cc3c(cnn3-c3ccc(F)cc3)C[C@@]12C. The number of hydrogen-bond acceptors (Lipinski definition) is 6. The molecule has 1 aromatic carbocycles. The summed E-state index contributed by atoms with van der Waals surface area (Å²) in [6.45, 7) is 6.47. The summed E-state index contributed by atoms with van der Waals surface area (Å²) in [6.07, 6.45) is 8.53. The third-order valence-corrected chi connectivity index (χ3v) is 12.2. The van der Waals surface area contributed by atoms with Crippen molar-refractivity contribution >= 4 is 29.8 Å². The Morgan fingerprint density at radius 2 is 1.90 bits per heavy atom. The van der Waals surface area contributed by atoms with Crippen LogP contribution < -0.4 is 0 Å². The topological polar surface area (TPSA) is 94.6 Å². The fourth-order valence-corrected chi connectivity index (χ4v) is 9.84. The number of rotatable bonds is 4. The van der Waals surface area contributed by atoms with Crippen molar-refractivity contribution in [1.82, 2.24) is 9.78 Å². The Bertz CT molecular complexity index is 1620. The lowest BCUT2D eigenvalue weighted by molar-refractivity contribution is -0.209. The zero-order valence-corrected chi connectivity index (χ0v) is 24.9. The number of allylic oxidation sites excluding steroid dienone is 1. The maximum absolute atomic E-state index is 13.6. The van der Waals surface area contributed by atoms with Gasteiger partial charge < -0.3 is 14.3 Å². The number of halogens is 1. The fraction of sp³-hybridized carbons (Fsp3) is 0.485. The highest BCUT2D eigenvalue weighted by molar-refractivity contribution is 7.96. The van der Waals surface area contributed by atoms with Gasteiger partial charge in [-0.2, -0.15) is 5.10 Å². The quantitative estimate of drug-likeness (QED) is 0.278. The van der Waals surface area contributed by atoms with Gasteiger partial charge in [0.2, 0.25) is 10.9 Å². The van der Waals surface area contributed by atoms with E-state index >= 15 is 0 Å². The second kappa shape index (κ2) is 9.16. The molecular weight excluding hydrogens is 555 g/mol. The number of hydrogen-bond donors (Lipinski definition) is 2. The van der Waals surface area contributed by atoms with E-state index in [0.29, 0.717) is 25.7 Å². The summed E-state index contributed by atoms with van der Waals surface area (Å²) in [5.41, 5.74) is 1.08. The minimum Gasteiger partial charge on any atom is -0.457 e. The molecule has 7 atom stereocenters. The number of carbonyl (C=O) groups is 2. The van der Waals surface area contributed by atoms with Crippen LogP contribution in [0.5, 0.6) is 0 Å². The standard InChI is InChI=1S/C33H35FN2O5S/c1-30-16-19-18-35-36(22-9-7-21(34)8-10-22)25(19)15-20(30)6-11-24-23-12-13-33(29(39)42,41-28(38)26-5-4-14-40-26)31(23,2)17-27(37)32(24,30)3/h4-5,7-10,14-15,18,23-24,27,37H,6,11-13,16-17H2,1-3H3,(H,39,42)/t23?,24-,27-,30-,31-,32+,33-/m0/s1. The minimum absolute atomic E-state index is 0.0383. The molecule has 1 N–H and O–H groups in total. The molecular formula is C33H35FN2O5S. The molecule has 0 amide bonds. The molecule has 0 radical (unpaired) electrons. The van der Waals surface area contributed by atoms with Crippen LogP contribution in [0.1, 0.15) is 74.7 Å². The Balaban J connectivity index is 1.26. The molecule has 4 aliphatic rings. The lowest BCUT2D eigenvalue weighted by Gasteiger charge is -2.66. The molecule has 220 valence electrons. The first-order valence-corrected chi connectivity index (χ1v) is 15.1. The molecule has 7 rings (SSSR count). The molecule has 0 aliphatic heterocycles. The van der Waals surface area contributed by atoms with Crippen LogP contribution >= 0.6 is 12.6 Å². The average molecular weight is 591 g/mol. The highest BCUT2D eigenvalue weighted by Gasteiger charge is 2.73. The van der Waals surface area contributed by atoms with Crippen molar-refractivity contribution in [2.24, 2.45) is 28.1 Å². The fourth-order valence-electron chi connectivity index (χ4n) is 9.43. The summed E-state index contributed by atoms with van der Waals surface area (Å²) in [7, 11) is 0. The Morgan fingerprint density at radius 1 is 1.14 bits per heavy atom. The lowest BCUT2D eigenvalue weighted by atomic mass is 9.39. The summed E-state index contributed by atoms with van der Waals surface area (Å²) in [5, 5.41) is 16.4. The summed E-state index contributed by atoms with van der Waals surface area (Å²) in [5.74, 6) is -0.796. The number of esters is 1. The zero-order chi connectivity index (χ0) is 29.7. The van der Waals surface area contributed by atoms with Gasteiger partial charge >= 0.3 is 5.97 Å². The van der Waals surface area contributed by atoms with Crippen LogP contribution in [0.4, 0.5) is 4.39 Å². The van der Waals surface area contributed by atoms with E-state index < -0.39 is 33.6 Å². The number of aliphatic hydroxyl groups excluding tert-OH is 1. The van der Waals surface area contributed by atoms with Crippen molar-refractivity contribution < 1.29 is 28.2 Å². The third kappa shape index (κ3) is 3.46. The van der Waals surface area contributed by atoms with E-state index in [1.807, 2.05) is 17.8 Å². The van der Waals surface area contributed by atoms with Crippen molar-refractivity contribution in [3.8, 4) is 5.69 Å². The molecule has 1 unspecified atom stereocenters. The van der Waals surface area contributed by atoms with Crippen LogP contribution in [-0.4, -0.2) is 37.7 Å². The molecule has 7 nitrogen and oxygen atoms in total. The third-order valence-electron chi connectivity index (χ3n) is 11.9. The maximum atomic E-state index is 13.6. The van der Waals surface area contributed by atoms with E-state index in [-0.39, 0.29) is 28.8 Å². The predicted molar refractivity (Wildman–Crippen MR) is 156 cm³/mol. The van der Waals surface area contributed by atoms with Gasteiger partial charge in [-0.25, -0.2) is 13.9 Å². The maximum Gasteiger partial charge on any atom is 0.375 e. The first-order chi connectivity index (χ1) is 19.9. The van der Waals surface area contributed by atoms with Crippen molar-refractivity contribution in [3.05, 3.63) is 77.3 Å². The summed E-state index contributed by atoms with van der Waals surface area (Å²) in [6, 6.07) is 9.46. The number of carbonyl (C=O) groups excluding carboxylic acids is 2. The normalized spacial score (nSPS) is 36.7. The van der Waals surface area contributed by atoms with Crippen LogP contribution in [-0.2, 0) is 16.0 Å². The highest BCUT2D eigenvalue weighted by atomic mass is 32.1. The molecule has 0 bridgehead atoms. The van der Waals surface area contributed by atoms with Gasteiger partial charge in [-0.1, -0.05) is 26.3 Å². The number of benzene rings is 1. The molecule has 42 heavy (non-hydrogen) atoms. The van der Waals surface area contributed by atoms with Gasteiger partial charge in [-0.15, -0.1) is 12.6 Å². The summed E-state index contributed by atoms with van der Waals surface area (Å²) >= 11 is 4.28. The van der Waals surface area contributed by atoms with Crippen molar-refractivity contribution in [2.45, 2.75) is 71.0 Å². The summed E-state index contributed by atoms with van der Waals surface area (Å²) < 4.78 is 26.8. The Hall–Kier alpha value is -3.17. The number of fused-ring (bicyclic) bond motifs is 6. The molecule has 0 spiro atoms. The molecule has 0 saturated heterocycles. The zero-order valence-electron chi connectivity index (χ0n) is 24.0. The van der Waals surface area contributed by atoms with E-state index in [2.05, 4.69) is 37.7 Å². The van der Waals surface area contributed by atoms with E-state index in [0.717, 1.165) is 29.8 Å². The van der Waals surface area contributed by atoms with Gasteiger partial charge in [-0.05, 0) is 98.4 Å². The predicted octanol–water partition coefficient (Wildman–Crippen LogP) is 6.20. The van der Waals surface area contributed by atoms with Crippen molar-refractivity contribution in [3.63, 3.8) is 0 Å². The van der Waals surface area contributed by atoms with Gasteiger partial charge in [0.25, 0.3) is 0 Å². The summed E-state index contributed by atoms with van der Waals surface area (Å²) in [4.78, 5) is 26.4. The number of aromatic nitrogens is 2. The highest BCUT2D eigenvalue weighted by Crippen LogP contribution is 2.73. The largest absolute Gasteiger partial charge is 0.457 e. The Kier molecular flexibility index (Phi) is 6.03. The van der Waals surface area contributed by atoms with Gasteiger partial charge in [0, 0.05) is 16.2 Å². The second-order valence-electron chi connectivity index (χ2n) is 13.3. The number of thiol groups is 1. The number of nitrogens with zero attached hydrogens (tertiary/aromatic N) is 2. The lowest BCUT2D eigenvalue weighted by Crippen LogP contribution is -2.66. The molecule has 3 saturated carbocycles. The first kappa shape index (κ1) is 27.7. The molecule has 3 fully saturated rings. The first-order valence-electron chi connectivity index (χ1n) is 14.7. The Labute approximate surface area is 249 Å². The van der Waals surface area contributed by atoms with Gasteiger partial charge in [0.15, 0.2) is 5.60 Å². The molecule has 3 aromatic rings. The van der Waals surface area contributed by atoms with Crippen LogP contribution in [0.25, 0.3) is 11.8 Å². The van der Waals surface area contributed by atoms with Crippen LogP contribution in [0.2, 0.25) is 0 Å². The molecule has 4 aliphatic carbocycles. The van der Waals surface area contributed by atoms with Crippen molar-refractivity contribution in [2.75, 3.05) is 0 Å². The van der Waals surface area contributed by atoms with E-state index in [1.165, 1.54) is 30.0 Å². The van der Waals surface area contributed by atoms with Gasteiger partial charge in [-0.3, -0.25) is 4.79 Å². The molecule has 9 heteroatoms. The number of aliphatic hydroxyl groups is 1. The van der Waals surface area contributed by atoms with Gasteiger partial charge in [0.05, 0.1) is 29.9 Å². The smallest absolute Gasteiger partial charge is 0.375 e. The molecule has 2 aromatic heterocycles. The van der Waals surface area contributed by atoms with Gasteiger partial charge in [0.1, 0.15) is 5.82 Å². The minimum atomic E-state index is -1.46. The number of ether oxygens (including phenoxy) is 1. The van der Waals surface area contributed by atoms with Crippen LogP contribution in [0.15, 0.2) is 58.8 Å². The monoisotopic (exact) mass is 590 g/mol. The van der Waals surface area contributed by atoms with Crippen LogP contribution in [0, 0.1) is 33.9 Å². The molecule has 2 heterocycles. The average Bonchev–Trinajstić information content (AvgIpc) is 3.68.